The molecule has 0 atom stereocenters. The van der Waals surface area contributed by atoms with Gasteiger partial charge in [-0.3, -0.25) is 4.79 Å². The standard InChI is InChI=1S/C25H32N2O2/c1-19(2)18-29-25(26-24(28)23-12-8-7-9-20(23)3)27-15-13-22(14-16-27)17-21-10-5-4-6-11-21/h4-12,19,22H,13-18H2,1-3H3. The normalized spacial score (nSPS) is 15.6. The highest BCUT2D eigenvalue weighted by molar-refractivity contribution is 6.02. The minimum atomic E-state index is -0.228. The third-order valence-electron chi connectivity index (χ3n) is 5.37. The number of rotatable bonds is 5. The molecule has 4 heteroatoms. The second kappa shape index (κ2) is 10.2. The van der Waals surface area contributed by atoms with Crippen molar-refractivity contribution in [2.24, 2.45) is 16.8 Å². The maximum Gasteiger partial charge on any atom is 0.295 e. The number of amides is 1. The van der Waals surface area contributed by atoms with Crippen molar-refractivity contribution in [1.82, 2.24) is 4.90 Å². The average molecular weight is 393 g/mol. The fourth-order valence-corrected chi connectivity index (χ4v) is 3.67. The molecule has 29 heavy (non-hydrogen) atoms. The molecule has 2 aromatic rings. The summed E-state index contributed by atoms with van der Waals surface area (Å²) in [7, 11) is 0. The molecule has 0 saturated carbocycles. The van der Waals surface area contributed by atoms with E-state index in [1.165, 1.54) is 5.56 Å². The van der Waals surface area contributed by atoms with E-state index in [0.29, 0.717) is 30.0 Å². The first-order valence-corrected chi connectivity index (χ1v) is 10.6. The number of nitrogens with zero attached hydrogens (tertiary/aromatic N) is 2. The van der Waals surface area contributed by atoms with Crippen molar-refractivity contribution < 1.29 is 9.53 Å². The van der Waals surface area contributed by atoms with E-state index in [1.807, 2.05) is 31.2 Å². The van der Waals surface area contributed by atoms with Crippen LogP contribution in [0, 0.1) is 18.8 Å². The summed E-state index contributed by atoms with van der Waals surface area (Å²) in [5, 5.41) is 0. The Morgan fingerprint density at radius 3 is 2.38 bits per heavy atom. The molecule has 3 rings (SSSR count). The van der Waals surface area contributed by atoms with Gasteiger partial charge in [-0.1, -0.05) is 62.4 Å². The van der Waals surface area contributed by atoms with Crippen molar-refractivity contribution in [3.8, 4) is 0 Å². The quantitative estimate of drug-likeness (QED) is 0.524. The fraction of sp³-hybridized carbons (Fsp3) is 0.440. The van der Waals surface area contributed by atoms with E-state index in [0.717, 1.165) is 37.9 Å². The molecular formula is C25H32N2O2. The van der Waals surface area contributed by atoms with Gasteiger partial charge < -0.3 is 9.64 Å². The number of piperidine rings is 1. The number of hydrogen-bond donors (Lipinski definition) is 0. The summed E-state index contributed by atoms with van der Waals surface area (Å²) in [6.07, 6.45) is 3.27. The maximum atomic E-state index is 12.8. The topological polar surface area (TPSA) is 41.9 Å². The van der Waals surface area contributed by atoms with Crippen LogP contribution in [-0.2, 0) is 11.2 Å². The van der Waals surface area contributed by atoms with Crippen molar-refractivity contribution in [2.75, 3.05) is 19.7 Å². The molecule has 0 bridgehead atoms. The molecule has 2 aromatic carbocycles. The smallest absolute Gasteiger partial charge is 0.295 e. The van der Waals surface area contributed by atoms with Crippen molar-refractivity contribution in [2.45, 2.75) is 40.0 Å². The predicted octanol–water partition coefficient (Wildman–Crippen LogP) is 5.12. The van der Waals surface area contributed by atoms with E-state index in [2.05, 4.69) is 54.1 Å². The highest BCUT2D eigenvalue weighted by Crippen LogP contribution is 2.22. The van der Waals surface area contributed by atoms with Crippen LogP contribution in [0.2, 0.25) is 0 Å². The number of benzene rings is 2. The van der Waals surface area contributed by atoms with Crippen LogP contribution in [0.3, 0.4) is 0 Å². The summed E-state index contributed by atoms with van der Waals surface area (Å²) in [5.74, 6) is 0.810. The first-order valence-electron chi connectivity index (χ1n) is 10.6. The molecule has 0 radical (unpaired) electrons. The molecule has 0 aromatic heterocycles. The van der Waals surface area contributed by atoms with E-state index in [-0.39, 0.29) is 5.91 Å². The Hall–Kier alpha value is -2.62. The van der Waals surface area contributed by atoms with Crippen LogP contribution >= 0.6 is 0 Å². The molecule has 1 aliphatic rings. The lowest BCUT2D eigenvalue weighted by Gasteiger charge is -2.33. The Labute approximate surface area is 174 Å². The first kappa shape index (κ1) is 21.1. The molecule has 0 unspecified atom stereocenters. The Morgan fingerprint density at radius 2 is 1.72 bits per heavy atom. The number of carbonyl (C=O) groups excluding carboxylic acids is 1. The van der Waals surface area contributed by atoms with Crippen LogP contribution in [-0.4, -0.2) is 36.5 Å². The Kier molecular flexibility index (Phi) is 7.45. The molecule has 1 saturated heterocycles. The van der Waals surface area contributed by atoms with Gasteiger partial charge in [0.25, 0.3) is 11.9 Å². The number of ether oxygens (including phenoxy) is 1. The lowest BCUT2D eigenvalue weighted by Crippen LogP contribution is -2.41. The monoisotopic (exact) mass is 392 g/mol. The molecule has 1 amide bonds. The van der Waals surface area contributed by atoms with Crippen LogP contribution in [0.25, 0.3) is 0 Å². The van der Waals surface area contributed by atoms with Crippen LogP contribution in [0.1, 0.15) is 48.2 Å². The van der Waals surface area contributed by atoms with Crippen molar-refractivity contribution in [3.63, 3.8) is 0 Å². The number of carbonyl (C=O) groups is 1. The number of aryl methyl sites for hydroxylation is 1. The average Bonchev–Trinajstić information content (AvgIpc) is 2.72. The zero-order valence-corrected chi connectivity index (χ0v) is 17.8. The van der Waals surface area contributed by atoms with Crippen molar-refractivity contribution in [1.29, 1.82) is 0 Å². The number of aliphatic imine (C=N–C) groups is 1. The van der Waals surface area contributed by atoms with Gasteiger partial charge in [-0.2, -0.15) is 4.99 Å². The molecule has 0 N–H and O–H groups in total. The van der Waals surface area contributed by atoms with E-state index in [1.54, 1.807) is 0 Å². The molecule has 0 aliphatic carbocycles. The van der Waals surface area contributed by atoms with Gasteiger partial charge in [-0.25, -0.2) is 0 Å². The van der Waals surface area contributed by atoms with Crippen LogP contribution in [0.4, 0.5) is 0 Å². The minimum absolute atomic E-state index is 0.228. The summed E-state index contributed by atoms with van der Waals surface area (Å²) in [5.41, 5.74) is 2.97. The summed E-state index contributed by atoms with van der Waals surface area (Å²) in [6, 6.07) is 18.7. The molecule has 1 heterocycles. The predicted molar refractivity (Wildman–Crippen MR) is 118 cm³/mol. The van der Waals surface area contributed by atoms with Crippen LogP contribution in [0.15, 0.2) is 59.6 Å². The molecular weight excluding hydrogens is 360 g/mol. The van der Waals surface area contributed by atoms with Gasteiger partial charge in [0.1, 0.15) is 0 Å². The van der Waals surface area contributed by atoms with E-state index >= 15 is 0 Å². The Morgan fingerprint density at radius 1 is 1.07 bits per heavy atom. The van der Waals surface area contributed by atoms with Crippen molar-refractivity contribution >= 4 is 11.9 Å². The highest BCUT2D eigenvalue weighted by Gasteiger charge is 2.24. The second-order valence-electron chi connectivity index (χ2n) is 8.34. The molecule has 1 aliphatic heterocycles. The van der Waals surface area contributed by atoms with E-state index < -0.39 is 0 Å². The van der Waals surface area contributed by atoms with Gasteiger partial charge in [0.15, 0.2) is 0 Å². The summed E-state index contributed by atoms with van der Waals surface area (Å²) >= 11 is 0. The van der Waals surface area contributed by atoms with Gasteiger partial charge >= 0.3 is 0 Å². The van der Waals surface area contributed by atoms with Crippen LogP contribution in [0.5, 0.6) is 0 Å². The van der Waals surface area contributed by atoms with Gasteiger partial charge in [0.2, 0.25) is 0 Å². The summed E-state index contributed by atoms with van der Waals surface area (Å²) in [4.78, 5) is 19.3. The van der Waals surface area contributed by atoms with Gasteiger partial charge in [0, 0.05) is 18.7 Å². The van der Waals surface area contributed by atoms with E-state index in [4.69, 9.17) is 4.74 Å². The molecule has 4 nitrogen and oxygen atoms in total. The fourth-order valence-electron chi connectivity index (χ4n) is 3.67. The Bertz CT molecular complexity index is 822. The van der Waals surface area contributed by atoms with Crippen LogP contribution < -0.4 is 0 Å². The van der Waals surface area contributed by atoms with Gasteiger partial charge in [-0.15, -0.1) is 0 Å². The van der Waals surface area contributed by atoms with Gasteiger partial charge in [0.05, 0.1) is 6.61 Å². The second-order valence-corrected chi connectivity index (χ2v) is 8.34. The lowest BCUT2D eigenvalue weighted by atomic mass is 9.90. The van der Waals surface area contributed by atoms with Crippen molar-refractivity contribution in [3.05, 3.63) is 71.3 Å². The summed E-state index contributed by atoms with van der Waals surface area (Å²) < 4.78 is 5.98. The van der Waals surface area contributed by atoms with Gasteiger partial charge in [-0.05, 0) is 55.2 Å². The largest absolute Gasteiger partial charge is 0.465 e. The molecule has 1 fully saturated rings. The highest BCUT2D eigenvalue weighted by atomic mass is 16.5. The summed E-state index contributed by atoms with van der Waals surface area (Å²) in [6.45, 7) is 8.45. The molecule has 0 spiro atoms. The maximum absolute atomic E-state index is 12.8. The first-order chi connectivity index (χ1) is 14.0. The number of likely N-dealkylation sites (tertiary alicyclic amines) is 1. The molecule has 154 valence electrons. The van der Waals surface area contributed by atoms with E-state index in [9.17, 15) is 4.79 Å². The zero-order valence-electron chi connectivity index (χ0n) is 17.8. The number of hydrogen-bond acceptors (Lipinski definition) is 2. The minimum Gasteiger partial charge on any atom is -0.465 e. The lowest BCUT2D eigenvalue weighted by molar-refractivity contribution is 0.0987. The zero-order chi connectivity index (χ0) is 20.6. The SMILES string of the molecule is Cc1ccccc1C(=O)N=C(OCC(C)C)N1CCC(Cc2ccccc2)CC1. The third-order valence-corrected chi connectivity index (χ3v) is 5.37. The third kappa shape index (κ3) is 6.18. The number of amidine groups is 1. The Balaban J connectivity index is 1.67.